The first-order valence-corrected chi connectivity index (χ1v) is 7.59. The summed E-state index contributed by atoms with van der Waals surface area (Å²) in [5.74, 6) is -0.352. The molecule has 0 atom stereocenters. The number of aromatic nitrogens is 5. The summed E-state index contributed by atoms with van der Waals surface area (Å²) in [5, 5.41) is 12.7. The Morgan fingerprint density at radius 1 is 1.27 bits per heavy atom. The highest BCUT2D eigenvalue weighted by Crippen LogP contribution is 2.21. The molecule has 0 bridgehead atoms. The van der Waals surface area contributed by atoms with Crippen LogP contribution in [0.2, 0.25) is 0 Å². The Balaban J connectivity index is 1.54. The maximum Gasteiger partial charge on any atom is 0.350 e. The molecule has 0 fully saturated rings. The minimum atomic E-state index is -0.352. The Morgan fingerprint density at radius 3 is 2.91 bits per heavy atom. The van der Waals surface area contributed by atoms with Gasteiger partial charge in [-0.25, -0.2) is 4.79 Å². The number of aryl methyl sites for hydroxylation is 1. The second kappa shape index (κ2) is 6.90. The number of carbonyl (C=O) groups excluding carboxylic acids is 1. The number of pyridine rings is 1. The minimum Gasteiger partial charge on any atom is -0.461 e. The first kappa shape index (κ1) is 14.3. The fraction of sp³-hybridized carbons (Fsp3) is 0.214. The van der Waals surface area contributed by atoms with E-state index in [4.69, 9.17) is 4.74 Å². The zero-order valence-corrected chi connectivity index (χ0v) is 12.4. The molecule has 0 saturated carbocycles. The molecule has 3 aromatic rings. The predicted octanol–water partition coefficient (Wildman–Crippen LogP) is 1.91. The van der Waals surface area contributed by atoms with Crippen LogP contribution in [0.25, 0.3) is 5.69 Å². The lowest BCUT2D eigenvalue weighted by Crippen LogP contribution is -2.09. The number of ether oxygens (including phenoxy) is 1. The van der Waals surface area contributed by atoms with Crippen LogP contribution in [0.5, 0.6) is 0 Å². The Kier molecular flexibility index (Phi) is 4.50. The molecular formula is C14H13N5O2S. The van der Waals surface area contributed by atoms with E-state index in [2.05, 4.69) is 20.5 Å². The van der Waals surface area contributed by atoms with Crippen LogP contribution in [-0.4, -0.2) is 37.8 Å². The molecule has 0 amide bonds. The molecule has 3 heterocycles. The van der Waals surface area contributed by atoms with Crippen molar-refractivity contribution >= 4 is 17.3 Å². The SMILES string of the molecule is O=C(OCCCc1ccncc1)c1sccc1-n1cnnn1. The lowest BCUT2D eigenvalue weighted by molar-refractivity contribution is 0.0506. The van der Waals surface area contributed by atoms with Crippen molar-refractivity contribution in [3.8, 4) is 5.69 Å². The number of carbonyl (C=O) groups is 1. The number of rotatable bonds is 6. The van der Waals surface area contributed by atoms with Crippen molar-refractivity contribution < 1.29 is 9.53 Å². The van der Waals surface area contributed by atoms with Gasteiger partial charge in [0.05, 0.1) is 12.3 Å². The van der Waals surface area contributed by atoms with E-state index in [1.165, 1.54) is 27.9 Å². The summed E-state index contributed by atoms with van der Waals surface area (Å²) in [5.41, 5.74) is 1.81. The van der Waals surface area contributed by atoms with Gasteiger partial charge in [0.2, 0.25) is 0 Å². The molecule has 3 rings (SSSR count). The summed E-state index contributed by atoms with van der Waals surface area (Å²) in [7, 11) is 0. The van der Waals surface area contributed by atoms with E-state index in [9.17, 15) is 4.79 Å². The first-order valence-electron chi connectivity index (χ1n) is 6.71. The first-order chi connectivity index (χ1) is 10.8. The number of nitrogens with zero attached hydrogens (tertiary/aromatic N) is 5. The fourth-order valence-corrected chi connectivity index (χ4v) is 2.73. The Labute approximate surface area is 130 Å². The van der Waals surface area contributed by atoms with E-state index < -0.39 is 0 Å². The molecule has 3 aromatic heterocycles. The van der Waals surface area contributed by atoms with Crippen molar-refractivity contribution in [2.45, 2.75) is 12.8 Å². The molecule has 7 nitrogen and oxygen atoms in total. The van der Waals surface area contributed by atoms with Crippen LogP contribution >= 0.6 is 11.3 Å². The van der Waals surface area contributed by atoms with Crippen LogP contribution in [0.1, 0.15) is 21.7 Å². The molecule has 0 aliphatic rings. The maximum atomic E-state index is 12.1. The molecule has 0 aliphatic carbocycles. The van der Waals surface area contributed by atoms with Crippen LogP contribution in [0.3, 0.4) is 0 Å². The highest BCUT2D eigenvalue weighted by molar-refractivity contribution is 7.12. The number of esters is 1. The zero-order valence-electron chi connectivity index (χ0n) is 11.6. The summed E-state index contributed by atoms with van der Waals surface area (Å²) < 4.78 is 6.77. The molecule has 0 aromatic carbocycles. The molecule has 0 radical (unpaired) electrons. The number of tetrazole rings is 1. The van der Waals surface area contributed by atoms with Gasteiger partial charge in [-0.05, 0) is 52.4 Å². The van der Waals surface area contributed by atoms with E-state index in [1.54, 1.807) is 18.5 Å². The lowest BCUT2D eigenvalue weighted by Gasteiger charge is -2.05. The zero-order chi connectivity index (χ0) is 15.2. The van der Waals surface area contributed by atoms with E-state index >= 15 is 0 Å². The van der Waals surface area contributed by atoms with Gasteiger partial charge in [-0.1, -0.05) is 0 Å². The summed E-state index contributed by atoms with van der Waals surface area (Å²) in [4.78, 5) is 16.6. The molecule has 8 heteroatoms. The number of thiophene rings is 1. The second-order valence-corrected chi connectivity index (χ2v) is 5.40. The van der Waals surface area contributed by atoms with Gasteiger partial charge < -0.3 is 4.74 Å². The van der Waals surface area contributed by atoms with Gasteiger partial charge in [0.15, 0.2) is 0 Å². The van der Waals surface area contributed by atoms with E-state index in [1.807, 2.05) is 17.5 Å². The van der Waals surface area contributed by atoms with Crippen LogP contribution in [0, 0.1) is 0 Å². The maximum absolute atomic E-state index is 12.1. The summed E-state index contributed by atoms with van der Waals surface area (Å²) in [6, 6.07) is 5.70. The molecule has 0 spiro atoms. The Bertz CT molecular complexity index is 727. The van der Waals surface area contributed by atoms with Crippen LogP contribution in [0.15, 0.2) is 42.3 Å². The van der Waals surface area contributed by atoms with E-state index in [-0.39, 0.29) is 5.97 Å². The van der Waals surface area contributed by atoms with Gasteiger partial charge in [-0.3, -0.25) is 4.98 Å². The van der Waals surface area contributed by atoms with Gasteiger partial charge in [-0.2, -0.15) is 4.68 Å². The molecular weight excluding hydrogens is 302 g/mol. The third-order valence-corrected chi connectivity index (χ3v) is 3.90. The summed E-state index contributed by atoms with van der Waals surface area (Å²) >= 11 is 1.31. The molecule has 0 unspecified atom stereocenters. The van der Waals surface area contributed by atoms with Crippen molar-refractivity contribution in [1.29, 1.82) is 0 Å². The third kappa shape index (κ3) is 3.34. The highest BCUT2D eigenvalue weighted by atomic mass is 32.1. The summed E-state index contributed by atoms with van der Waals surface area (Å²) in [6.07, 6.45) is 6.57. The van der Waals surface area contributed by atoms with Crippen molar-refractivity contribution in [1.82, 2.24) is 25.2 Å². The van der Waals surface area contributed by atoms with Crippen molar-refractivity contribution in [3.63, 3.8) is 0 Å². The van der Waals surface area contributed by atoms with E-state index in [0.717, 1.165) is 12.8 Å². The lowest BCUT2D eigenvalue weighted by atomic mass is 10.1. The molecule has 0 saturated heterocycles. The molecule has 112 valence electrons. The van der Waals surface area contributed by atoms with Gasteiger partial charge >= 0.3 is 5.97 Å². The van der Waals surface area contributed by atoms with Crippen LogP contribution in [-0.2, 0) is 11.2 Å². The van der Waals surface area contributed by atoms with Crippen LogP contribution in [0.4, 0.5) is 0 Å². The topological polar surface area (TPSA) is 82.8 Å². The quantitative estimate of drug-likeness (QED) is 0.510. The monoisotopic (exact) mass is 315 g/mol. The minimum absolute atomic E-state index is 0.352. The average molecular weight is 315 g/mol. The van der Waals surface area contributed by atoms with Crippen molar-refractivity contribution in [2.75, 3.05) is 6.61 Å². The fourth-order valence-electron chi connectivity index (χ4n) is 1.96. The highest BCUT2D eigenvalue weighted by Gasteiger charge is 2.16. The third-order valence-electron chi connectivity index (χ3n) is 3.02. The van der Waals surface area contributed by atoms with Gasteiger partial charge in [0, 0.05) is 12.4 Å². The van der Waals surface area contributed by atoms with Crippen LogP contribution < -0.4 is 0 Å². The standard InChI is InChI=1S/C14H13N5O2S/c20-14(21-8-1-2-11-3-6-15-7-4-11)13-12(5-9-22-13)19-10-16-17-18-19/h3-7,9-10H,1-2,8H2. The largest absolute Gasteiger partial charge is 0.461 e. The van der Waals surface area contributed by atoms with Gasteiger partial charge in [0.25, 0.3) is 0 Å². The second-order valence-electron chi connectivity index (χ2n) is 4.48. The average Bonchev–Trinajstić information content (AvgIpc) is 3.22. The number of hydrogen-bond acceptors (Lipinski definition) is 7. The van der Waals surface area contributed by atoms with E-state index in [0.29, 0.717) is 17.2 Å². The van der Waals surface area contributed by atoms with Gasteiger partial charge in [0.1, 0.15) is 11.2 Å². The Hall–Kier alpha value is -2.61. The molecule has 0 N–H and O–H groups in total. The number of hydrogen-bond donors (Lipinski definition) is 0. The van der Waals surface area contributed by atoms with Crippen molar-refractivity contribution in [3.05, 3.63) is 52.7 Å². The molecule has 0 aliphatic heterocycles. The summed E-state index contributed by atoms with van der Waals surface area (Å²) in [6.45, 7) is 0.369. The smallest absolute Gasteiger partial charge is 0.350 e. The van der Waals surface area contributed by atoms with Gasteiger partial charge in [-0.15, -0.1) is 16.4 Å². The molecule has 22 heavy (non-hydrogen) atoms. The normalized spacial score (nSPS) is 10.5. The Morgan fingerprint density at radius 2 is 2.14 bits per heavy atom. The predicted molar refractivity (Wildman–Crippen MR) is 79.9 cm³/mol. The van der Waals surface area contributed by atoms with Crippen molar-refractivity contribution in [2.24, 2.45) is 0 Å².